The quantitative estimate of drug-likeness (QED) is 0.833. The molecular formula is C14H18BrFN2O. The largest absolute Gasteiger partial charge is 0.342 e. The van der Waals surface area contributed by atoms with Crippen molar-refractivity contribution in [3.05, 3.63) is 34.1 Å². The summed E-state index contributed by atoms with van der Waals surface area (Å²) in [5, 5.41) is 0. The summed E-state index contributed by atoms with van der Waals surface area (Å²) >= 11 is 3.21. The Balaban J connectivity index is 1.95. The maximum Gasteiger partial charge on any atom is 0.219 e. The third-order valence-corrected chi connectivity index (χ3v) is 4.03. The predicted octanol–water partition coefficient (Wildman–Crippen LogP) is 2.64. The highest BCUT2D eigenvalue weighted by Gasteiger charge is 2.16. The molecule has 1 saturated heterocycles. The van der Waals surface area contributed by atoms with Gasteiger partial charge in [-0.2, -0.15) is 0 Å². The zero-order valence-electron chi connectivity index (χ0n) is 11.0. The average molecular weight is 329 g/mol. The van der Waals surface area contributed by atoms with Crippen LogP contribution >= 0.6 is 15.9 Å². The summed E-state index contributed by atoms with van der Waals surface area (Å²) in [6.07, 6.45) is 0.988. The molecule has 0 aromatic heterocycles. The average Bonchev–Trinajstić information content (AvgIpc) is 2.59. The second-order valence-corrected chi connectivity index (χ2v) is 5.74. The van der Waals surface area contributed by atoms with E-state index in [1.165, 1.54) is 6.07 Å². The van der Waals surface area contributed by atoms with Gasteiger partial charge in [0.15, 0.2) is 0 Å². The molecule has 1 aliphatic heterocycles. The van der Waals surface area contributed by atoms with E-state index in [2.05, 4.69) is 20.8 Å². The summed E-state index contributed by atoms with van der Waals surface area (Å²) in [7, 11) is 0. The van der Waals surface area contributed by atoms with Crippen molar-refractivity contribution in [2.24, 2.45) is 0 Å². The van der Waals surface area contributed by atoms with Crippen LogP contribution in [0.3, 0.4) is 0 Å². The third kappa shape index (κ3) is 4.01. The number of amides is 1. The summed E-state index contributed by atoms with van der Waals surface area (Å²) in [4.78, 5) is 15.6. The molecule has 0 bridgehead atoms. The predicted molar refractivity (Wildman–Crippen MR) is 76.2 cm³/mol. The van der Waals surface area contributed by atoms with Gasteiger partial charge in [0.25, 0.3) is 0 Å². The van der Waals surface area contributed by atoms with E-state index >= 15 is 0 Å². The molecule has 1 heterocycles. The Hall–Kier alpha value is -0.940. The molecular weight excluding hydrogens is 311 g/mol. The van der Waals surface area contributed by atoms with E-state index in [0.29, 0.717) is 4.47 Å². The number of halogens is 2. The number of nitrogens with zero attached hydrogens (tertiary/aromatic N) is 2. The third-order valence-electron chi connectivity index (χ3n) is 3.42. The van der Waals surface area contributed by atoms with Crippen molar-refractivity contribution in [1.82, 2.24) is 9.80 Å². The molecule has 0 aliphatic carbocycles. The van der Waals surface area contributed by atoms with Gasteiger partial charge in [-0.3, -0.25) is 9.69 Å². The van der Waals surface area contributed by atoms with Gasteiger partial charge < -0.3 is 4.90 Å². The SMILES string of the molecule is CC(=O)N1CCCN(Cc2ccc(F)c(Br)c2)CC1. The van der Waals surface area contributed by atoms with Gasteiger partial charge in [0.1, 0.15) is 5.82 Å². The normalized spacial score (nSPS) is 17.3. The second-order valence-electron chi connectivity index (χ2n) is 4.88. The van der Waals surface area contributed by atoms with Gasteiger partial charge in [-0.15, -0.1) is 0 Å². The van der Waals surface area contributed by atoms with Crippen molar-refractivity contribution in [2.45, 2.75) is 19.9 Å². The van der Waals surface area contributed by atoms with Gasteiger partial charge in [0.05, 0.1) is 4.47 Å². The lowest BCUT2D eigenvalue weighted by atomic mass is 10.2. The van der Waals surface area contributed by atoms with Crippen molar-refractivity contribution in [3.8, 4) is 0 Å². The number of hydrogen-bond acceptors (Lipinski definition) is 2. The lowest BCUT2D eigenvalue weighted by molar-refractivity contribution is -0.128. The van der Waals surface area contributed by atoms with Crippen molar-refractivity contribution in [1.29, 1.82) is 0 Å². The second kappa shape index (κ2) is 6.48. The molecule has 1 fully saturated rings. The van der Waals surface area contributed by atoms with Crippen LogP contribution in [0, 0.1) is 5.82 Å². The summed E-state index contributed by atoms with van der Waals surface area (Å²) < 4.78 is 13.7. The Bertz CT molecular complexity index is 467. The summed E-state index contributed by atoms with van der Waals surface area (Å²) in [5.74, 6) is -0.0891. The minimum Gasteiger partial charge on any atom is -0.342 e. The van der Waals surface area contributed by atoms with Crippen molar-refractivity contribution >= 4 is 21.8 Å². The first-order chi connectivity index (χ1) is 9.06. The fraction of sp³-hybridized carbons (Fsp3) is 0.500. The van der Waals surface area contributed by atoms with Crippen molar-refractivity contribution in [2.75, 3.05) is 26.2 Å². The number of hydrogen-bond donors (Lipinski definition) is 0. The highest BCUT2D eigenvalue weighted by molar-refractivity contribution is 9.10. The molecule has 1 aliphatic rings. The molecule has 0 atom stereocenters. The molecule has 2 rings (SSSR count). The van der Waals surface area contributed by atoms with E-state index in [1.54, 1.807) is 6.92 Å². The molecule has 1 aromatic rings. The van der Waals surface area contributed by atoms with Crippen LogP contribution in [0.5, 0.6) is 0 Å². The zero-order valence-corrected chi connectivity index (χ0v) is 12.6. The standard InChI is InChI=1S/C14H18BrFN2O/c1-11(19)18-6-2-5-17(7-8-18)10-12-3-4-14(16)13(15)9-12/h3-4,9H,2,5-8,10H2,1H3. The van der Waals surface area contributed by atoms with Crippen LogP contribution in [0.1, 0.15) is 18.9 Å². The summed E-state index contributed by atoms with van der Waals surface area (Å²) in [6, 6.07) is 5.12. The molecule has 0 N–H and O–H groups in total. The number of benzene rings is 1. The van der Waals surface area contributed by atoms with E-state index in [-0.39, 0.29) is 11.7 Å². The highest BCUT2D eigenvalue weighted by Crippen LogP contribution is 2.18. The Kier molecular flexibility index (Phi) is 4.93. The van der Waals surface area contributed by atoms with E-state index in [0.717, 1.165) is 44.7 Å². The molecule has 104 valence electrons. The first-order valence-corrected chi connectivity index (χ1v) is 7.27. The Morgan fingerprint density at radius 1 is 1.32 bits per heavy atom. The molecule has 5 heteroatoms. The van der Waals surface area contributed by atoms with Gasteiger partial charge in [0, 0.05) is 39.6 Å². The Labute approximate surface area is 121 Å². The Morgan fingerprint density at radius 2 is 2.11 bits per heavy atom. The van der Waals surface area contributed by atoms with Crippen molar-refractivity contribution in [3.63, 3.8) is 0 Å². The fourth-order valence-corrected chi connectivity index (χ4v) is 2.77. The molecule has 0 saturated carbocycles. The summed E-state index contributed by atoms with van der Waals surface area (Å²) in [5.41, 5.74) is 1.09. The fourth-order valence-electron chi connectivity index (χ4n) is 2.34. The van der Waals surface area contributed by atoms with Gasteiger partial charge in [-0.1, -0.05) is 6.07 Å². The van der Waals surface area contributed by atoms with Crippen LogP contribution in [0.25, 0.3) is 0 Å². The van der Waals surface area contributed by atoms with Crippen LogP contribution in [-0.2, 0) is 11.3 Å². The van der Waals surface area contributed by atoms with Gasteiger partial charge >= 0.3 is 0 Å². The minimum absolute atomic E-state index is 0.145. The lowest BCUT2D eigenvalue weighted by Gasteiger charge is -2.21. The molecule has 0 spiro atoms. The minimum atomic E-state index is -0.234. The summed E-state index contributed by atoms with van der Waals surface area (Å²) in [6.45, 7) is 5.86. The number of carbonyl (C=O) groups is 1. The smallest absolute Gasteiger partial charge is 0.219 e. The first kappa shape index (κ1) is 14.5. The van der Waals surface area contributed by atoms with E-state index in [4.69, 9.17) is 0 Å². The van der Waals surface area contributed by atoms with E-state index in [9.17, 15) is 9.18 Å². The van der Waals surface area contributed by atoms with Gasteiger partial charge in [0.2, 0.25) is 5.91 Å². The van der Waals surface area contributed by atoms with Crippen LogP contribution in [0.15, 0.2) is 22.7 Å². The van der Waals surface area contributed by atoms with Crippen LogP contribution < -0.4 is 0 Å². The highest BCUT2D eigenvalue weighted by atomic mass is 79.9. The van der Waals surface area contributed by atoms with E-state index < -0.39 is 0 Å². The van der Waals surface area contributed by atoms with E-state index in [1.807, 2.05) is 17.0 Å². The van der Waals surface area contributed by atoms with Gasteiger partial charge in [-0.25, -0.2) is 4.39 Å². The molecule has 19 heavy (non-hydrogen) atoms. The molecule has 3 nitrogen and oxygen atoms in total. The van der Waals surface area contributed by atoms with Crippen LogP contribution in [0.4, 0.5) is 4.39 Å². The Morgan fingerprint density at radius 3 is 2.79 bits per heavy atom. The maximum absolute atomic E-state index is 13.2. The first-order valence-electron chi connectivity index (χ1n) is 6.48. The van der Waals surface area contributed by atoms with Gasteiger partial charge in [-0.05, 0) is 40.0 Å². The monoisotopic (exact) mass is 328 g/mol. The van der Waals surface area contributed by atoms with Crippen molar-refractivity contribution < 1.29 is 9.18 Å². The van der Waals surface area contributed by atoms with Crippen LogP contribution in [0.2, 0.25) is 0 Å². The molecule has 1 amide bonds. The number of rotatable bonds is 2. The topological polar surface area (TPSA) is 23.6 Å². The molecule has 1 aromatic carbocycles. The molecule has 0 radical (unpaired) electrons. The molecule has 0 unspecified atom stereocenters. The lowest BCUT2D eigenvalue weighted by Crippen LogP contribution is -2.33. The zero-order chi connectivity index (χ0) is 13.8. The van der Waals surface area contributed by atoms with Crippen LogP contribution in [-0.4, -0.2) is 41.9 Å². The maximum atomic E-state index is 13.2. The number of carbonyl (C=O) groups excluding carboxylic acids is 1.